The molecule has 0 aromatic carbocycles. The molecule has 0 amide bonds. The number of nitrogens with zero attached hydrogens (tertiary/aromatic N) is 4. The van der Waals surface area contributed by atoms with Gasteiger partial charge < -0.3 is 19.9 Å². The summed E-state index contributed by atoms with van der Waals surface area (Å²) in [6.45, 7) is 7.50. The molecule has 24 heavy (non-hydrogen) atoms. The zero-order chi connectivity index (χ0) is 17.2. The molecule has 2 N–H and O–H groups in total. The Morgan fingerprint density at radius 2 is 2.25 bits per heavy atom. The second-order valence-electron chi connectivity index (χ2n) is 5.35. The van der Waals surface area contributed by atoms with E-state index in [2.05, 4.69) is 42.6 Å². The average Bonchev–Trinajstić information content (AvgIpc) is 3.21. The summed E-state index contributed by atoms with van der Waals surface area (Å²) >= 11 is 1.68. The van der Waals surface area contributed by atoms with Gasteiger partial charge in [-0.25, -0.2) is 4.99 Å². The van der Waals surface area contributed by atoms with Gasteiger partial charge in [0.2, 0.25) is 0 Å². The SMILES string of the molecule is CCOCCCNC(=NCc1ccsc1)NCc1nnc(C)n1C. The van der Waals surface area contributed by atoms with Gasteiger partial charge in [0.15, 0.2) is 11.8 Å². The summed E-state index contributed by atoms with van der Waals surface area (Å²) in [6.07, 6.45) is 0.941. The van der Waals surface area contributed by atoms with E-state index in [4.69, 9.17) is 4.74 Å². The lowest BCUT2D eigenvalue weighted by Gasteiger charge is -2.12. The summed E-state index contributed by atoms with van der Waals surface area (Å²) in [5.74, 6) is 2.55. The van der Waals surface area contributed by atoms with Crippen molar-refractivity contribution in [3.8, 4) is 0 Å². The summed E-state index contributed by atoms with van der Waals surface area (Å²) in [7, 11) is 1.96. The van der Waals surface area contributed by atoms with Crippen molar-refractivity contribution in [1.29, 1.82) is 0 Å². The molecule has 7 nitrogen and oxygen atoms in total. The maximum Gasteiger partial charge on any atom is 0.191 e. The molecule has 0 unspecified atom stereocenters. The Kier molecular flexibility index (Phi) is 7.70. The number of aromatic nitrogens is 3. The van der Waals surface area contributed by atoms with Crippen molar-refractivity contribution in [3.63, 3.8) is 0 Å². The Balaban J connectivity index is 1.88. The molecular formula is C16H26N6OS. The molecule has 0 atom stereocenters. The number of thiophene rings is 1. The third-order valence-electron chi connectivity index (χ3n) is 3.56. The molecule has 0 saturated carbocycles. The maximum absolute atomic E-state index is 5.36. The molecule has 0 fully saturated rings. The van der Waals surface area contributed by atoms with Crippen LogP contribution in [0.2, 0.25) is 0 Å². The first kappa shape index (κ1) is 18.4. The molecule has 0 aliphatic carbocycles. The van der Waals surface area contributed by atoms with Crippen molar-refractivity contribution in [1.82, 2.24) is 25.4 Å². The van der Waals surface area contributed by atoms with Gasteiger partial charge >= 0.3 is 0 Å². The molecule has 0 aliphatic heterocycles. The first-order valence-electron chi connectivity index (χ1n) is 8.16. The van der Waals surface area contributed by atoms with Crippen LogP contribution in [0.4, 0.5) is 0 Å². The lowest BCUT2D eigenvalue weighted by molar-refractivity contribution is 0.145. The Morgan fingerprint density at radius 1 is 1.38 bits per heavy atom. The predicted molar refractivity (Wildman–Crippen MR) is 97.2 cm³/mol. The minimum Gasteiger partial charge on any atom is -0.382 e. The van der Waals surface area contributed by atoms with Gasteiger partial charge in [-0.1, -0.05) is 0 Å². The minimum atomic E-state index is 0.582. The molecular weight excluding hydrogens is 324 g/mol. The Bertz CT molecular complexity index is 623. The molecule has 2 aromatic heterocycles. The molecule has 2 rings (SSSR count). The third kappa shape index (κ3) is 5.93. The molecule has 8 heteroatoms. The van der Waals surface area contributed by atoms with Crippen LogP contribution in [0.3, 0.4) is 0 Å². The molecule has 0 bridgehead atoms. The van der Waals surface area contributed by atoms with E-state index in [9.17, 15) is 0 Å². The summed E-state index contributed by atoms with van der Waals surface area (Å²) in [5.41, 5.74) is 1.21. The number of ether oxygens (including phenoxy) is 1. The highest BCUT2D eigenvalue weighted by molar-refractivity contribution is 7.07. The Morgan fingerprint density at radius 3 is 2.92 bits per heavy atom. The van der Waals surface area contributed by atoms with Crippen LogP contribution in [0.25, 0.3) is 0 Å². The van der Waals surface area contributed by atoms with Crippen molar-refractivity contribution in [2.24, 2.45) is 12.0 Å². The monoisotopic (exact) mass is 350 g/mol. The standard InChI is InChI=1S/C16H26N6OS/c1-4-23-8-5-7-17-16(18-10-14-6-9-24-12-14)19-11-15-21-20-13(2)22(15)3/h6,9,12H,4-5,7-8,10-11H2,1-3H3,(H2,17,18,19). The number of aliphatic imine (C=N–C) groups is 1. The quantitative estimate of drug-likeness (QED) is 0.410. The van der Waals surface area contributed by atoms with Gasteiger partial charge in [0.1, 0.15) is 5.82 Å². The molecule has 0 radical (unpaired) electrons. The van der Waals surface area contributed by atoms with E-state index in [-0.39, 0.29) is 0 Å². The van der Waals surface area contributed by atoms with Crippen LogP contribution in [-0.2, 0) is 24.9 Å². The largest absolute Gasteiger partial charge is 0.382 e. The van der Waals surface area contributed by atoms with Crippen LogP contribution < -0.4 is 10.6 Å². The first-order valence-corrected chi connectivity index (χ1v) is 9.11. The van der Waals surface area contributed by atoms with Gasteiger partial charge in [-0.05, 0) is 42.7 Å². The van der Waals surface area contributed by atoms with E-state index in [1.807, 2.05) is 25.5 Å². The Hall–Kier alpha value is -1.93. The summed E-state index contributed by atoms with van der Waals surface area (Å²) in [6, 6.07) is 2.09. The fourth-order valence-electron chi connectivity index (χ4n) is 2.02. The minimum absolute atomic E-state index is 0.582. The number of guanidine groups is 1. The van der Waals surface area contributed by atoms with E-state index in [0.717, 1.165) is 43.8 Å². The van der Waals surface area contributed by atoms with E-state index in [1.165, 1.54) is 5.56 Å². The van der Waals surface area contributed by atoms with E-state index in [1.54, 1.807) is 11.3 Å². The highest BCUT2D eigenvalue weighted by atomic mass is 32.1. The zero-order valence-corrected chi connectivity index (χ0v) is 15.4. The van der Waals surface area contributed by atoms with Gasteiger partial charge in [-0.15, -0.1) is 10.2 Å². The Labute approximate surface area is 147 Å². The first-order chi connectivity index (χ1) is 11.7. The predicted octanol–water partition coefficient (Wildman–Crippen LogP) is 1.85. The number of hydrogen-bond acceptors (Lipinski definition) is 5. The number of nitrogens with one attached hydrogen (secondary N) is 2. The molecule has 0 aliphatic rings. The molecule has 0 spiro atoms. The fourth-order valence-corrected chi connectivity index (χ4v) is 2.68. The summed E-state index contributed by atoms with van der Waals surface area (Å²) in [5, 5.41) is 19.1. The maximum atomic E-state index is 5.36. The van der Waals surface area contributed by atoms with Crippen molar-refractivity contribution in [2.75, 3.05) is 19.8 Å². The van der Waals surface area contributed by atoms with E-state index in [0.29, 0.717) is 13.1 Å². The highest BCUT2D eigenvalue weighted by Gasteiger charge is 2.06. The van der Waals surface area contributed by atoms with Gasteiger partial charge in [-0.3, -0.25) is 0 Å². The second kappa shape index (κ2) is 10.0. The van der Waals surface area contributed by atoms with Crippen LogP contribution in [0, 0.1) is 6.92 Å². The van der Waals surface area contributed by atoms with Gasteiger partial charge in [0, 0.05) is 26.8 Å². The van der Waals surface area contributed by atoms with Crippen molar-refractivity contribution >= 4 is 17.3 Å². The van der Waals surface area contributed by atoms with Gasteiger partial charge in [-0.2, -0.15) is 11.3 Å². The molecule has 2 heterocycles. The summed E-state index contributed by atoms with van der Waals surface area (Å²) in [4.78, 5) is 4.64. The average molecular weight is 350 g/mol. The smallest absolute Gasteiger partial charge is 0.191 e. The third-order valence-corrected chi connectivity index (χ3v) is 4.29. The van der Waals surface area contributed by atoms with Crippen molar-refractivity contribution in [2.45, 2.75) is 33.4 Å². The fraction of sp³-hybridized carbons (Fsp3) is 0.562. The molecule has 2 aromatic rings. The van der Waals surface area contributed by atoms with Crippen LogP contribution in [0.5, 0.6) is 0 Å². The zero-order valence-electron chi connectivity index (χ0n) is 14.6. The highest BCUT2D eigenvalue weighted by Crippen LogP contribution is 2.06. The van der Waals surface area contributed by atoms with Gasteiger partial charge in [0.05, 0.1) is 13.1 Å². The van der Waals surface area contributed by atoms with Crippen LogP contribution in [0.15, 0.2) is 21.8 Å². The summed E-state index contributed by atoms with van der Waals surface area (Å²) < 4.78 is 7.33. The second-order valence-corrected chi connectivity index (χ2v) is 6.13. The topological polar surface area (TPSA) is 76.4 Å². The van der Waals surface area contributed by atoms with Crippen LogP contribution in [-0.4, -0.2) is 40.5 Å². The molecule has 132 valence electrons. The number of aryl methyl sites for hydroxylation is 1. The lowest BCUT2D eigenvalue weighted by Crippen LogP contribution is -2.38. The van der Waals surface area contributed by atoms with Crippen LogP contribution >= 0.6 is 11.3 Å². The van der Waals surface area contributed by atoms with E-state index < -0.39 is 0 Å². The normalized spacial score (nSPS) is 11.7. The van der Waals surface area contributed by atoms with Crippen molar-refractivity contribution < 1.29 is 4.74 Å². The van der Waals surface area contributed by atoms with E-state index >= 15 is 0 Å². The lowest BCUT2D eigenvalue weighted by atomic mass is 10.3. The van der Waals surface area contributed by atoms with Gasteiger partial charge in [0.25, 0.3) is 0 Å². The van der Waals surface area contributed by atoms with Crippen molar-refractivity contribution in [3.05, 3.63) is 34.0 Å². The number of hydrogen-bond donors (Lipinski definition) is 2. The van der Waals surface area contributed by atoms with Crippen LogP contribution in [0.1, 0.15) is 30.6 Å². The molecule has 0 saturated heterocycles. The number of rotatable bonds is 9.